The summed E-state index contributed by atoms with van der Waals surface area (Å²) in [6.45, 7) is 0. The first-order chi connectivity index (χ1) is 18.6. The highest BCUT2D eigenvalue weighted by Gasteiger charge is 2.17. The molecule has 0 aliphatic carbocycles. The van der Waals surface area contributed by atoms with Crippen LogP contribution in [0.1, 0.15) is 51.0 Å². The van der Waals surface area contributed by atoms with Gasteiger partial charge in [-0.15, -0.1) is 0 Å². The lowest BCUT2D eigenvalue weighted by molar-refractivity contribution is -0.136. The summed E-state index contributed by atoms with van der Waals surface area (Å²) in [7, 11) is -3.46. The Bertz CT molecular complexity index is 1640. The van der Waals surface area contributed by atoms with Crippen molar-refractivity contribution in [1.82, 2.24) is 4.98 Å². The fourth-order valence-electron chi connectivity index (χ4n) is 4.21. The van der Waals surface area contributed by atoms with Crippen LogP contribution >= 0.6 is 11.8 Å². The summed E-state index contributed by atoms with van der Waals surface area (Å²) in [6.07, 6.45) is 5.79. The SMILES string of the molecule is CS(=O)(=O)c1cccc2oc(/C=C/c3cccc(C(CCc4ccccc4C(=O)O)SCCC(=O)O)c3)nc12. The summed E-state index contributed by atoms with van der Waals surface area (Å²) >= 11 is 1.53. The number of aromatic nitrogens is 1. The lowest BCUT2D eigenvalue weighted by Crippen LogP contribution is -2.05. The molecule has 0 aliphatic rings. The van der Waals surface area contributed by atoms with Gasteiger partial charge in [0.1, 0.15) is 5.52 Å². The van der Waals surface area contributed by atoms with Crippen molar-refractivity contribution in [3.63, 3.8) is 0 Å². The van der Waals surface area contributed by atoms with Crippen molar-refractivity contribution in [3.8, 4) is 0 Å². The Hall–Kier alpha value is -3.89. The molecule has 4 aromatic rings. The van der Waals surface area contributed by atoms with E-state index in [-0.39, 0.29) is 33.5 Å². The van der Waals surface area contributed by atoms with Crippen LogP contribution in [0.5, 0.6) is 0 Å². The molecule has 3 aromatic carbocycles. The van der Waals surface area contributed by atoms with Crippen LogP contribution < -0.4 is 0 Å². The quantitative estimate of drug-likeness (QED) is 0.213. The molecule has 0 amide bonds. The molecule has 39 heavy (non-hydrogen) atoms. The highest BCUT2D eigenvalue weighted by molar-refractivity contribution is 7.99. The van der Waals surface area contributed by atoms with Crippen molar-refractivity contribution in [2.75, 3.05) is 12.0 Å². The van der Waals surface area contributed by atoms with Crippen molar-refractivity contribution in [3.05, 3.63) is 94.9 Å². The Morgan fingerprint density at radius 1 is 1.03 bits per heavy atom. The molecule has 0 fully saturated rings. The number of para-hydroxylation sites is 1. The van der Waals surface area contributed by atoms with E-state index in [9.17, 15) is 23.1 Å². The predicted octanol–water partition coefficient (Wildman–Crippen LogP) is 5.98. The minimum absolute atomic E-state index is 0.0274. The summed E-state index contributed by atoms with van der Waals surface area (Å²) in [5.74, 6) is -1.15. The zero-order chi connectivity index (χ0) is 28.0. The van der Waals surface area contributed by atoms with Crippen LogP contribution in [0.15, 0.2) is 76.0 Å². The summed E-state index contributed by atoms with van der Waals surface area (Å²) in [4.78, 5) is 27.2. The molecule has 4 rings (SSSR count). The summed E-state index contributed by atoms with van der Waals surface area (Å²) < 4.78 is 29.9. The van der Waals surface area contributed by atoms with Crippen LogP contribution in [0.25, 0.3) is 23.3 Å². The van der Waals surface area contributed by atoms with Gasteiger partial charge in [0.25, 0.3) is 0 Å². The Balaban J connectivity index is 1.57. The molecule has 0 saturated heterocycles. The molecule has 202 valence electrons. The Labute approximate surface area is 230 Å². The molecule has 0 aliphatic heterocycles. The second-order valence-corrected chi connectivity index (χ2v) is 12.2. The molecule has 1 heterocycles. The third kappa shape index (κ3) is 7.36. The van der Waals surface area contributed by atoms with Crippen LogP contribution in [-0.2, 0) is 21.1 Å². The number of aliphatic carboxylic acids is 1. The fraction of sp³-hybridized carbons (Fsp3) is 0.207. The molecular formula is C29H27NO7S2. The maximum absolute atomic E-state index is 12.1. The van der Waals surface area contributed by atoms with Gasteiger partial charge in [-0.3, -0.25) is 4.79 Å². The number of carbonyl (C=O) groups is 2. The van der Waals surface area contributed by atoms with Crippen LogP contribution in [0, 0.1) is 0 Å². The minimum atomic E-state index is -3.46. The van der Waals surface area contributed by atoms with E-state index in [0.29, 0.717) is 24.2 Å². The van der Waals surface area contributed by atoms with Crippen LogP contribution in [0.3, 0.4) is 0 Å². The lowest BCUT2D eigenvalue weighted by Gasteiger charge is -2.18. The fourth-order valence-corrected chi connectivity index (χ4v) is 6.23. The first-order valence-corrected chi connectivity index (χ1v) is 15.1. The Morgan fingerprint density at radius 2 is 1.79 bits per heavy atom. The number of hydrogen-bond acceptors (Lipinski definition) is 7. The molecule has 0 spiro atoms. The number of nitrogens with zero attached hydrogens (tertiary/aromatic N) is 1. The zero-order valence-electron chi connectivity index (χ0n) is 21.1. The molecule has 1 unspecified atom stereocenters. The Morgan fingerprint density at radius 3 is 2.54 bits per heavy atom. The average molecular weight is 566 g/mol. The van der Waals surface area contributed by atoms with E-state index in [1.54, 1.807) is 36.4 Å². The van der Waals surface area contributed by atoms with E-state index in [2.05, 4.69) is 4.98 Å². The highest BCUT2D eigenvalue weighted by Crippen LogP contribution is 2.35. The van der Waals surface area contributed by atoms with Gasteiger partial charge in [-0.25, -0.2) is 18.2 Å². The van der Waals surface area contributed by atoms with Gasteiger partial charge in [0, 0.05) is 23.3 Å². The van der Waals surface area contributed by atoms with Crippen molar-refractivity contribution in [2.45, 2.75) is 29.4 Å². The second-order valence-electron chi connectivity index (χ2n) is 8.93. The van der Waals surface area contributed by atoms with Gasteiger partial charge in [0.15, 0.2) is 15.4 Å². The maximum Gasteiger partial charge on any atom is 0.335 e. The van der Waals surface area contributed by atoms with Crippen molar-refractivity contribution in [1.29, 1.82) is 0 Å². The molecule has 0 bridgehead atoms. The molecule has 1 atom stereocenters. The van der Waals surface area contributed by atoms with Gasteiger partial charge in [-0.05, 0) is 53.8 Å². The van der Waals surface area contributed by atoms with Gasteiger partial charge in [0.2, 0.25) is 5.89 Å². The number of oxazole rings is 1. The third-order valence-corrected chi connectivity index (χ3v) is 8.54. The number of aryl methyl sites for hydroxylation is 1. The van der Waals surface area contributed by atoms with Crippen LogP contribution in [0.4, 0.5) is 0 Å². The van der Waals surface area contributed by atoms with Gasteiger partial charge >= 0.3 is 11.9 Å². The first-order valence-electron chi connectivity index (χ1n) is 12.1. The number of aromatic carboxylic acids is 1. The molecule has 0 radical (unpaired) electrons. The standard InChI is InChI=1S/C29H27NO7S2/c1-39(35,36)25-11-5-10-23-28(25)30-26(37-23)15-12-19-6-4-8-21(18-19)24(38-17-16-27(31)32)14-13-20-7-2-3-9-22(20)29(33)34/h2-12,15,18,24H,13-14,16-17H2,1H3,(H,31,32)(H,33,34)/b15-12+. The van der Waals surface area contributed by atoms with E-state index in [1.807, 2.05) is 36.4 Å². The zero-order valence-corrected chi connectivity index (χ0v) is 22.7. The normalized spacial score (nSPS) is 12.6. The molecule has 10 heteroatoms. The van der Waals surface area contributed by atoms with E-state index in [0.717, 1.165) is 22.9 Å². The number of sulfone groups is 1. The number of thioether (sulfide) groups is 1. The van der Waals surface area contributed by atoms with Gasteiger partial charge in [0.05, 0.1) is 16.9 Å². The topological polar surface area (TPSA) is 135 Å². The van der Waals surface area contributed by atoms with Gasteiger partial charge in [-0.2, -0.15) is 11.8 Å². The predicted molar refractivity (Wildman–Crippen MR) is 152 cm³/mol. The van der Waals surface area contributed by atoms with Gasteiger partial charge in [-0.1, -0.05) is 48.5 Å². The van der Waals surface area contributed by atoms with Gasteiger partial charge < -0.3 is 14.6 Å². The van der Waals surface area contributed by atoms with E-state index in [1.165, 1.54) is 17.8 Å². The highest BCUT2D eigenvalue weighted by atomic mass is 32.2. The minimum Gasteiger partial charge on any atom is -0.481 e. The number of benzene rings is 3. The third-order valence-electron chi connectivity index (χ3n) is 6.06. The summed E-state index contributed by atoms with van der Waals surface area (Å²) in [5.41, 5.74) is 3.49. The van der Waals surface area contributed by atoms with E-state index >= 15 is 0 Å². The number of fused-ring (bicyclic) bond motifs is 1. The van der Waals surface area contributed by atoms with E-state index < -0.39 is 21.8 Å². The number of carboxylic acid groups (broad SMARTS) is 2. The summed E-state index contributed by atoms with van der Waals surface area (Å²) in [5, 5.41) is 18.6. The lowest BCUT2D eigenvalue weighted by atomic mass is 9.98. The number of carboxylic acids is 2. The van der Waals surface area contributed by atoms with Crippen molar-refractivity contribution < 1.29 is 32.6 Å². The molecular weight excluding hydrogens is 538 g/mol. The largest absolute Gasteiger partial charge is 0.481 e. The Kier molecular flexibility index (Phi) is 8.88. The first kappa shape index (κ1) is 28.1. The molecule has 0 saturated carbocycles. The second kappa shape index (κ2) is 12.3. The number of hydrogen-bond donors (Lipinski definition) is 2. The van der Waals surface area contributed by atoms with Crippen LogP contribution in [-0.4, -0.2) is 47.6 Å². The maximum atomic E-state index is 12.1. The monoisotopic (exact) mass is 565 g/mol. The van der Waals surface area contributed by atoms with Crippen molar-refractivity contribution >= 4 is 56.8 Å². The smallest absolute Gasteiger partial charge is 0.335 e. The van der Waals surface area contributed by atoms with Crippen LogP contribution in [0.2, 0.25) is 0 Å². The summed E-state index contributed by atoms with van der Waals surface area (Å²) in [6, 6.07) is 19.4. The number of rotatable bonds is 12. The average Bonchev–Trinajstić information content (AvgIpc) is 3.32. The molecule has 2 N–H and O–H groups in total. The van der Waals surface area contributed by atoms with Crippen molar-refractivity contribution in [2.24, 2.45) is 0 Å². The molecule has 1 aromatic heterocycles. The van der Waals surface area contributed by atoms with E-state index in [4.69, 9.17) is 9.52 Å². The molecule has 8 nitrogen and oxygen atoms in total.